The van der Waals surface area contributed by atoms with Crippen LogP contribution in [0.3, 0.4) is 0 Å². The Balaban J connectivity index is 2.07. The lowest BCUT2D eigenvalue weighted by Crippen LogP contribution is -2.37. The number of aryl methyl sites for hydroxylation is 2. The summed E-state index contributed by atoms with van der Waals surface area (Å²) in [5.41, 5.74) is 1.03. The Morgan fingerprint density at radius 2 is 1.85 bits per heavy atom. The van der Waals surface area contributed by atoms with Gasteiger partial charge in [-0.15, -0.1) is 0 Å². The van der Waals surface area contributed by atoms with Gasteiger partial charge >= 0.3 is 0 Å². The highest BCUT2D eigenvalue weighted by molar-refractivity contribution is 6.32. The highest BCUT2D eigenvalue weighted by atomic mass is 35.5. The molecule has 2 rings (SSSR count). The Bertz CT molecular complexity index is 857. The predicted octanol–water partition coefficient (Wildman–Crippen LogP) is 2.38. The SMILES string of the molecule is Cc1cc(OCC(=O)N/C(=C/c2ccccc2F)C(=O)[O-])cc(C)c1Cl. The quantitative estimate of drug-likeness (QED) is 0.785. The van der Waals surface area contributed by atoms with Crippen LogP contribution >= 0.6 is 11.6 Å². The molecule has 1 N–H and O–H groups in total. The van der Waals surface area contributed by atoms with Gasteiger partial charge in [0.1, 0.15) is 11.6 Å². The summed E-state index contributed by atoms with van der Waals surface area (Å²) in [6.45, 7) is 3.17. The molecule has 7 heteroatoms. The summed E-state index contributed by atoms with van der Waals surface area (Å²) in [6.07, 6.45) is 0.985. The zero-order chi connectivity index (χ0) is 19.3. The zero-order valence-electron chi connectivity index (χ0n) is 14.1. The average molecular weight is 377 g/mol. The van der Waals surface area contributed by atoms with Gasteiger partial charge in [0.2, 0.25) is 0 Å². The molecule has 0 bridgehead atoms. The smallest absolute Gasteiger partial charge is 0.262 e. The average Bonchev–Trinajstić information content (AvgIpc) is 2.58. The van der Waals surface area contributed by atoms with Gasteiger partial charge in [0, 0.05) is 10.6 Å². The number of nitrogens with one attached hydrogen (secondary N) is 1. The number of amides is 1. The second kappa shape index (κ2) is 8.49. The van der Waals surface area contributed by atoms with Crippen molar-refractivity contribution in [2.45, 2.75) is 13.8 Å². The number of ether oxygens (including phenoxy) is 1. The lowest BCUT2D eigenvalue weighted by molar-refractivity contribution is -0.299. The van der Waals surface area contributed by atoms with E-state index in [0.717, 1.165) is 17.2 Å². The van der Waals surface area contributed by atoms with Crippen molar-refractivity contribution < 1.29 is 23.8 Å². The van der Waals surface area contributed by atoms with Gasteiger partial charge < -0.3 is 20.0 Å². The van der Waals surface area contributed by atoms with E-state index in [1.807, 2.05) is 0 Å². The number of carboxylic acids is 1. The number of hydrogen-bond acceptors (Lipinski definition) is 4. The topological polar surface area (TPSA) is 78.5 Å². The van der Waals surface area contributed by atoms with Crippen molar-refractivity contribution in [1.82, 2.24) is 5.32 Å². The van der Waals surface area contributed by atoms with Crippen molar-refractivity contribution in [2.75, 3.05) is 6.61 Å². The number of rotatable bonds is 6. The van der Waals surface area contributed by atoms with E-state index in [1.165, 1.54) is 24.3 Å². The number of carbonyl (C=O) groups excluding carboxylic acids is 2. The number of carboxylic acid groups (broad SMARTS) is 1. The molecule has 0 spiro atoms. The van der Waals surface area contributed by atoms with Crippen LogP contribution in [0.25, 0.3) is 6.08 Å². The van der Waals surface area contributed by atoms with Crippen molar-refractivity contribution in [1.29, 1.82) is 0 Å². The summed E-state index contributed by atoms with van der Waals surface area (Å²) in [5.74, 6) is -2.56. The molecule has 0 unspecified atom stereocenters. The van der Waals surface area contributed by atoms with Gasteiger partial charge in [0.15, 0.2) is 6.61 Å². The van der Waals surface area contributed by atoms with E-state index in [4.69, 9.17) is 16.3 Å². The lowest BCUT2D eigenvalue weighted by Gasteiger charge is -2.13. The van der Waals surface area contributed by atoms with Crippen LogP contribution in [0.15, 0.2) is 42.1 Å². The first-order chi connectivity index (χ1) is 12.3. The van der Waals surface area contributed by atoms with Gasteiger partial charge in [-0.25, -0.2) is 4.39 Å². The monoisotopic (exact) mass is 376 g/mol. The third-order valence-corrected chi connectivity index (χ3v) is 4.08. The molecule has 0 atom stereocenters. The van der Waals surface area contributed by atoms with E-state index in [2.05, 4.69) is 5.32 Å². The van der Waals surface area contributed by atoms with E-state index in [-0.39, 0.29) is 5.56 Å². The predicted molar refractivity (Wildman–Crippen MR) is 93.9 cm³/mol. The number of benzene rings is 2. The molecule has 26 heavy (non-hydrogen) atoms. The normalized spacial score (nSPS) is 11.2. The first-order valence-corrected chi connectivity index (χ1v) is 8.02. The van der Waals surface area contributed by atoms with Crippen molar-refractivity contribution >= 4 is 29.6 Å². The first kappa shape index (κ1) is 19.5. The van der Waals surface area contributed by atoms with Crippen LogP contribution in [-0.2, 0) is 9.59 Å². The fraction of sp³-hybridized carbons (Fsp3) is 0.158. The Labute approximate surface area is 155 Å². The molecule has 136 valence electrons. The molecule has 0 aromatic heterocycles. The van der Waals surface area contributed by atoms with Gasteiger partial charge in [0.25, 0.3) is 5.91 Å². The van der Waals surface area contributed by atoms with Crippen LogP contribution in [-0.4, -0.2) is 18.5 Å². The molecular weight excluding hydrogens is 361 g/mol. The molecule has 2 aromatic rings. The Morgan fingerprint density at radius 1 is 1.23 bits per heavy atom. The molecule has 0 aliphatic rings. The molecule has 0 aliphatic carbocycles. The van der Waals surface area contributed by atoms with Crippen molar-refractivity contribution in [3.05, 3.63) is 69.6 Å². The molecule has 0 aliphatic heterocycles. The Hall–Kier alpha value is -2.86. The molecule has 0 saturated carbocycles. The number of aliphatic carboxylic acids is 1. The molecule has 1 amide bonds. The minimum atomic E-state index is -1.64. The Kier molecular flexibility index (Phi) is 6.36. The third kappa shape index (κ3) is 5.07. The second-order valence-corrected chi connectivity index (χ2v) is 5.95. The fourth-order valence-corrected chi connectivity index (χ4v) is 2.33. The van der Waals surface area contributed by atoms with Crippen molar-refractivity contribution in [3.63, 3.8) is 0 Å². The fourth-order valence-electron chi connectivity index (χ4n) is 2.22. The van der Waals surface area contributed by atoms with E-state index >= 15 is 0 Å². The molecule has 5 nitrogen and oxygen atoms in total. The highest BCUT2D eigenvalue weighted by Gasteiger charge is 2.10. The summed E-state index contributed by atoms with van der Waals surface area (Å²) in [7, 11) is 0. The van der Waals surface area contributed by atoms with Crippen LogP contribution in [0, 0.1) is 19.7 Å². The van der Waals surface area contributed by atoms with E-state index in [0.29, 0.717) is 10.8 Å². The number of halogens is 2. The van der Waals surface area contributed by atoms with Gasteiger partial charge in [-0.05, 0) is 49.2 Å². The summed E-state index contributed by atoms with van der Waals surface area (Å²) >= 11 is 6.06. The van der Waals surface area contributed by atoms with Crippen LogP contribution < -0.4 is 15.2 Å². The summed E-state index contributed by atoms with van der Waals surface area (Å²) < 4.78 is 19.0. The van der Waals surface area contributed by atoms with Crippen LogP contribution in [0.1, 0.15) is 16.7 Å². The van der Waals surface area contributed by atoms with Crippen LogP contribution in [0.5, 0.6) is 5.75 Å². The number of hydrogen-bond donors (Lipinski definition) is 1. The van der Waals surface area contributed by atoms with Gasteiger partial charge in [-0.1, -0.05) is 29.8 Å². The van der Waals surface area contributed by atoms with E-state index < -0.39 is 30.0 Å². The Morgan fingerprint density at radius 3 is 2.42 bits per heavy atom. The number of carbonyl (C=O) groups is 2. The molecule has 0 radical (unpaired) electrons. The highest BCUT2D eigenvalue weighted by Crippen LogP contribution is 2.25. The molecule has 0 saturated heterocycles. The summed E-state index contributed by atoms with van der Waals surface area (Å²) in [6, 6.07) is 8.88. The maximum Gasteiger partial charge on any atom is 0.262 e. The van der Waals surface area contributed by atoms with E-state index in [9.17, 15) is 19.1 Å². The van der Waals surface area contributed by atoms with E-state index in [1.54, 1.807) is 26.0 Å². The zero-order valence-corrected chi connectivity index (χ0v) is 14.9. The maximum absolute atomic E-state index is 13.6. The van der Waals surface area contributed by atoms with Crippen LogP contribution in [0.2, 0.25) is 5.02 Å². The van der Waals surface area contributed by atoms with Gasteiger partial charge in [-0.3, -0.25) is 4.79 Å². The maximum atomic E-state index is 13.6. The molecule has 0 fully saturated rings. The minimum Gasteiger partial charge on any atom is -0.543 e. The van der Waals surface area contributed by atoms with Gasteiger partial charge in [0.05, 0.1) is 11.7 Å². The molecule has 0 heterocycles. The van der Waals surface area contributed by atoms with Crippen LogP contribution in [0.4, 0.5) is 4.39 Å². The second-order valence-electron chi connectivity index (χ2n) is 5.57. The van der Waals surface area contributed by atoms with Gasteiger partial charge in [-0.2, -0.15) is 0 Å². The van der Waals surface area contributed by atoms with Crippen molar-refractivity contribution in [2.24, 2.45) is 0 Å². The first-order valence-electron chi connectivity index (χ1n) is 7.65. The lowest BCUT2D eigenvalue weighted by atomic mass is 10.1. The molecule has 2 aromatic carbocycles. The minimum absolute atomic E-state index is 0.0110. The molecular formula is C19H16ClFNO4-. The third-order valence-electron chi connectivity index (χ3n) is 3.48. The largest absolute Gasteiger partial charge is 0.543 e. The summed E-state index contributed by atoms with van der Waals surface area (Å²) in [4.78, 5) is 23.1. The van der Waals surface area contributed by atoms with Crippen molar-refractivity contribution in [3.8, 4) is 5.75 Å². The summed E-state index contributed by atoms with van der Waals surface area (Å²) in [5, 5.41) is 13.9. The standard InChI is InChI=1S/C19H17ClFNO4/c1-11-7-14(8-12(2)18(11)20)26-10-17(23)22-16(19(24)25)9-13-5-3-4-6-15(13)21/h3-9H,10H2,1-2H3,(H,22,23)(H,24,25)/p-1/b16-9+.